The van der Waals surface area contributed by atoms with Crippen molar-refractivity contribution in [1.82, 2.24) is 10.3 Å². The van der Waals surface area contributed by atoms with E-state index in [4.69, 9.17) is 0 Å². The topological polar surface area (TPSA) is 28.2 Å². The van der Waals surface area contributed by atoms with Crippen molar-refractivity contribution in [2.45, 2.75) is 19.4 Å². The number of nitrogens with zero attached hydrogens (tertiary/aromatic N) is 2. The monoisotopic (exact) mass is 275 g/mol. The average molecular weight is 275 g/mol. The fourth-order valence-electron chi connectivity index (χ4n) is 1.84. The van der Waals surface area contributed by atoms with Crippen molar-refractivity contribution in [3.05, 3.63) is 47.0 Å². The van der Waals surface area contributed by atoms with Gasteiger partial charge in [-0.05, 0) is 26.0 Å². The van der Waals surface area contributed by atoms with Crippen LogP contribution in [0, 0.1) is 0 Å². The SMILES string of the molecule is CNC(C)c1csc(N(C)CCc2ccccc2)n1. The summed E-state index contributed by atoms with van der Waals surface area (Å²) >= 11 is 1.71. The van der Waals surface area contributed by atoms with Gasteiger partial charge in [0.1, 0.15) is 0 Å². The number of aromatic nitrogens is 1. The Morgan fingerprint density at radius 2 is 2.05 bits per heavy atom. The molecule has 1 aromatic carbocycles. The van der Waals surface area contributed by atoms with Crippen molar-refractivity contribution in [2.24, 2.45) is 0 Å². The standard InChI is InChI=1S/C15H21N3S/c1-12(16-2)14-11-19-15(17-14)18(3)10-9-13-7-5-4-6-8-13/h4-8,11-12,16H,9-10H2,1-3H3. The minimum atomic E-state index is 0.313. The summed E-state index contributed by atoms with van der Waals surface area (Å²) in [5.74, 6) is 0. The number of likely N-dealkylation sites (N-methyl/N-ethyl adjacent to an activating group) is 1. The summed E-state index contributed by atoms with van der Waals surface area (Å²) in [6.45, 7) is 3.12. The molecule has 0 aliphatic carbocycles. The first kappa shape index (κ1) is 14.0. The van der Waals surface area contributed by atoms with Crippen LogP contribution in [0.4, 0.5) is 5.13 Å². The van der Waals surface area contributed by atoms with Crippen LogP contribution in [0.2, 0.25) is 0 Å². The van der Waals surface area contributed by atoms with Gasteiger partial charge in [0.2, 0.25) is 0 Å². The van der Waals surface area contributed by atoms with Crippen LogP contribution in [0.15, 0.2) is 35.7 Å². The highest BCUT2D eigenvalue weighted by molar-refractivity contribution is 7.13. The smallest absolute Gasteiger partial charge is 0.185 e. The van der Waals surface area contributed by atoms with Crippen LogP contribution in [0.25, 0.3) is 0 Å². The van der Waals surface area contributed by atoms with Gasteiger partial charge in [0.25, 0.3) is 0 Å². The van der Waals surface area contributed by atoms with Gasteiger partial charge in [0, 0.05) is 25.0 Å². The highest BCUT2D eigenvalue weighted by Gasteiger charge is 2.10. The molecule has 3 nitrogen and oxygen atoms in total. The molecular formula is C15H21N3S. The van der Waals surface area contributed by atoms with E-state index in [1.54, 1.807) is 11.3 Å². The van der Waals surface area contributed by atoms with Gasteiger partial charge >= 0.3 is 0 Å². The molecule has 0 amide bonds. The molecule has 4 heteroatoms. The molecule has 0 aliphatic heterocycles. The van der Waals surface area contributed by atoms with Gasteiger partial charge in [-0.25, -0.2) is 4.98 Å². The van der Waals surface area contributed by atoms with Gasteiger partial charge in [-0.2, -0.15) is 0 Å². The third-order valence-corrected chi connectivity index (χ3v) is 4.26. The number of benzene rings is 1. The molecule has 0 aliphatic rings. The van der Waals surface area contributed by atoms with E-state index in [0.717, 1.165) is 23.8 Å². The Hall–Kier alpha value is -1.39. The zero-order chi connectivity index (χ0) is 13.7. The minimum Gasteiger partial charge on any atom is -0.351 e. The average Bonchev–Trinajstić information content (AvgIpc) is 2.95. The van der Waals surface area contributed by atoms with Crippen LogP contribution in [0.3, 0.4) is 0 Å². The highest BCUT2D eigenvalue weighted by Crippen LogP contribution is 2.23. The minimum absolute atomic E-state index is 0.313. The molecule has 1 aromatic heterocycles. The molecule has 1 atom stereocenters. The maximum Gasteiger partial charge on any atom is 0.185 e. The molecule has 0 fully saturated rings. The second kappa shape index (κ2) is 6.68. The van der Waals surface area contributed by atoms with Gasteiger partial charge in [0.05, 0.1) is 5.69 Å². The van der Waals surface area contributed by atoms with Crippen molar-refractivity contribution in [2.75, 3.05) is 25.5 Å². The molecule has 1 unspecified atom stereocenters. The summed E-state index contributed by atoms with van der Waals surface area (Å²) in [5, 5.41) is 6.44. The Morgan fingerprint density at radius 1 is 1.32 bits per heavy atom. The lowest BCUT2D eigenvalue weighted by atomic mass is 10.1. The lowest BCUT2D eigenvalue weighted by molar-refractivity contribution is 0.636. The maximum absolute atomic E-state index is 4.68. The maximum atomic E-state index is 4.68. The Bertz CT molecular complexity index is 495. The molecule has 0 saturated heterocycles. The van der Waals surface area contributed by atoms with Crippen LogP contribution in [0.1, 0.15) is 24.2 Å². The number of thiazole rings is 1. The van der Waals surface area contributed by atoms with Crippen LogP contribution < -0.4 is 10.2 Å². The van der Waals surface area contributed by atoms with Crippen molar-refractivity contribution in [3.8, 4) is 0 Å². The predicted molar refractivity (Wildman–Crippen MR) is 83.0 cm³/mol. The lowest BCUT2D eigenvalue weighted by Gasteiger charge is -2.15. The Labute approximate surface area is 119 Å². The third kappa shape index (κ3) is 3.78. The molecule has 0 radical (unpaired) electrons. The summed E-state index contributed by atoms with van der Waals surface area (Å²) in [6, 6.07) is 10.9. The van der Waals surface area contributed by atoms with Gasteiger partial charge in [-0.3, -0.25) is 0 Å². The van der Waals surface area contributed by atoms with E-state index in [-0.39, 0.29) is 0 Å². The normalized spacial score (nSPS) is 12.4. The molecule has 0 spiro atoms. The number of hydrogen-bond donors (Lipinski definition) is 1. The Kier molecular flexibility index (Phi) is 4.93. The number of nitrogens with one attached hydrogen (secondary N) is 1. The van der Waals surface area contributed by atoms with E-state index in [1.165, 1.54) is 5.56 Å². The number of rotatable bonds is 6. The summed E-state index contributed by atoms with van der Waals surface area (Å²) in [6.07, 6.45) is 1.05. The van der Waals surface area contributed by atoms with Crippen LogP contribution in [-0.4, -0.2) is 25.6 Å². The zero-order valence-electron chi connectivity index (χ0n) is 11.8. The molecule has 0 saturated carbocycles. The van der Waals surface area contributed by atoms with Gasteiger partial charge in [0.15, 0.2) is 5.13 Å². The van der Waals surface area contributed by atoms with E-state index < -0.39 is 0 Å². The molecule has 2 rings (SSSR count). The van der Waals surface area contributed by atoms with Crippen LogP contribution in [0.5, 0.6) is 0 Å². The highest BCUT2D eigenvalue weighted by atomic mass is 32.1. The first-order valence-electron chi connectivity index (χ1n) is 6.58. The zero-order valence-corrected chi connectivity index (χ0v) is 12.6. The van der Waals surface area contributed by atoms with E-state index in [9.17, 15) is 0 Å². The summed E-state index contributed by atoms with van der Waals surface area (Å²) in [4.78, 5) is 6.90. The largest absolute Gasteiger partial charge is 0.351 e. The molecule has 1 heterocycles. The fraction of sp³-hybridized carbons (Fsp3) is 0.400. The lowest BCUT2D eigenvalue weighted by Crippen LogP contribution is -2.20. The van der Waals surface area contributed by atoms with Crippen molar-refractivity contribution in [1.29, 1.82) is 0 Å². The van der Waals surface area contributed by atoms with Crippen molar-refractivity contribution >= 4 is 16.5 Å². The molecule has 1 N–H and O–H groups in total. The third-order valence-electron chi connectivity index (χ3n) is 3.29. The summed E-state index contributed by atoms with van der Waals surface area (Å²) < 4.78 is 0. The van der Waals surface area contributed by atoms with Crippen molar-refractivity contribution < 1.29 is 0 Å². The number of hydrogen-bond acceptors (Lipinski definition) is 4. The molecule has 2 aromatic rings. The van der Waals surface area contributed by atoms with E-state index >= 15 is 0 Å². The second-order valence-electron chi connectivity index (χ2n) is 4.72. The van der Waals surface area contributed by atoms with E-state index in [0.29, 0.717) is 6.04 Å². The van der Waals surface area contributed by atoms with E-state index in [1.807, 2.05) is 7.05 Å². The van der Waals surface area contributed by atoms with Crippen LogP contribution >= 0.6 is 11.3 Å². The van der Waals surface area contributed by atoms with Gasteiger partial charge in [-0.15, -0.1) is 11.3 Å². The fourth-order valence-corrected chi connectivity index (χ4v) is 2.75. The summed E-state index contributed by atoms with van der Waals surface area (Å²) in [7, 11) is 4.07. The predicted octanol–water partition coefficient (Wildman–Crippen LogP) is 3.10. The quantitative estimate of drug-likeness (QED) is 0.878. The molecule has 102 valence electrons. The number of anilines is 1. The van der Waals surface area contributed by atoms with E-state index in [2.05, 4.69) is 64.9 Å². The molecule has 19 heavy (non-hydrogen) atoms. The van der Waals surface area contributed by atoms with Gasteiger partial charge < -0.3 is 10.2 Å². The molecular weight excluding hydrogens is 254 g/mol. The second-order valence-corrected chi connectivity index (χ2v) is 5.56. The van der Waals surface area contributed by atoms with Gasteiger partial charge in [-0.1, -0.05) is 30.3 Å². The summed E-state index contributed by atoms with van der Waals surface area (Å²) in [5.41, 5.74) is 2.49. The van der Waals surface area contributed by atoms with Crippen LogP contribution in [-0.2, 0) is 6.42 Å². The first-order chi connectivity index (χ1) is 9.20. The molecule has 0 bridgehead atoms. The Balaban J connectivity index is 1.93. The first-order valence-corrected chi connectivity index (χ1v) is 7.46. The van der Waals surface area contributed by atoms with Crippen molar-refractivity contribution in [3.63, 3.8) is 0 Å². The Morgan fingerprint density at radius 3 is 2.74 bits per heavy atom.